The molecule has 0 spiro atoms. The minimum absolute atomic E-state index is 0.0492. The number of rotatable bonds is 5. The second-order valence-electron chi connectivity index (χ2n) is 4.98. The molecule has 0 atom stereocenters. The fourth-order valence-electron chi connectivity index (χ4n) is 2.03. The van der Waals surface area contributed by atoms with Crippen LogP contribution in [0.1, 0.15) is 22.8 Å². The van der Waals surface area contributed by atoms with Gasteiger partial charge < -0.3 is 10.4 Å². The molecule has 0 aromatic heterocycles. The number of nitro groups is 1. The van der Waals surface area contributed by atoms with E-state index in [0.29, 0.717) is 11.3 Å². The highest BCUT2D eigenvalue weighted by atomic mass is 16.6. The van der Waals surface area contributed by atoms with Crippen LogP contribution < -0.4 is 5.32 Å². The lowest BCUT2D eigenvalue weighted by atomic mass is 10.1. The molecular formula is C17H14N2O5. The van der Waals surface area contributed by atoms with Gasteiger partial charge >= 0.3 is 5.97 Å². The summed E-state index contributed by atoms with van der Waals surface area (Å²) in [7, 11) is 0. The smallest absolute Gasteiger partial charge is 0.335 e. The lowest BCUT2D eigenvalue weighted by Crippen LogP contribution is -2.13. The van der Waals surface area contributed by atoms with E-state index >= 15 is 0 Å². The second-order valence-corrected chi connectivity index (χ2v) is 4.98. The number of carboxylic acids is 1. The Morgan fingerprint density at radius 2 is 1.88 bits per heavy atom. The van der Waals surface area contributed by atoms with Crippen LogP contribution in [0.4, 0.5) is 11.4 Å². The Labute approximate surface area is 137 Å². The second kappa shape index (κ2) is 7.19. The molecule has 0 aliphatic heterocycles. The van der Waals surface area contributed by atoms with Gasteiger partial charge in [-0.05, 0) is 37.3 Å². The first-order valence-corrected chi connectivity index (χ1v) is 6.95. The third-order valence-electron chi connectivity index (χ3n) is 3.23. The Balaban J connectivity index is 2.22. The fourth-order valence-corrected chi connectivity index (χ4v) is 2.03. The molecular weight excluding hydrogens is 312 g/mol. The molecule has 2 rings (SSSR count). The van der Waals surface area contributed by atoms with E-state index in [-0.39, 0.29) is 16.8 Å². The maximum Gasteiger partial charge on any atom is 0.335 e. The van der Waals surface area contributed by atoms with Crippen LogP contribution in [0.25, 0.3) is 6.08 Å². The van der Waals surface area contributed by atoms with Crippen molar-refractivity contribution in [3.63, 3.8) is 0 Å². The van der Waals surface area contributed by atoms with Gasteiger partial charge in [-0.1, -0.05) is 18.2 Å². The molecule has 0 radical (unpaired) electrons. The van der Waals surface area contributed by atoms with E-state index in [1.165, 1.54) is 37.3 Å². The summed E-state index contributed by atoms with van der Waals surface area (Å²) in [5.41, 5.74) is 0.848. The average molecular weight is 326 g/mol. The van der Waals surface area contributed by atoms with Gasteiger partial charge in [-0.3, -0.25) is 14.9 Å². The topological polar surface area (TPSA) is 110 Å². The Kier molecular flexibility index (Phi) is 5.06. The van der Waals surface area contributed by atoms with Gasteiger partial charge in [0.15, 0.2) is 0 Å². The molecule has 0 fully saturated rings. The summed E-state index contributed by atoms with van der Waals surface area (Å²) in [6, 6.07) is 11.9. The zero-order valence-electron chi connectivity index (χ0n) is 12.7. The van der Waals surface area contributed by atoms with Gasteiger partial charge in [0, 0.05) is 17.3 Å². The monoisotopic (exact) mass is 326 g/mol. The van der Waals surface area contributed by atoms with Crippen LogP contribution in [0.15, 0.2) is 54.1 Å². The van der Waals surface area contributed by atoms with Gasteiger partial charge in [0.2, 0.25) is 0 Å². The van der Waals surface area contributed by atoms with Crippen LogP contribution in [0.3, 0.4) is 0 Å². The number of nitrogens with one attached hydrogen (secondary N) is 1. The maximum atomic E-state index is 12.2. The number of hydrogen-bond donors (Lipinski definition) is 2. The summed E-state index contributed by atoms with van der Waals surface area (Å²) in [5.74, 6) is -1.58. The van der Waals surface area contributed by atoms with Gasteiger partial charge in [0.1, 0.15) is 0 Å². The summed E-state index contributed by atoms with van der Waals surface area (Å²) in [6.45, 7) is 1.52. The van der Waals surface area contributed by atoms with Crippen molar-refractivity contribution in [3.8, 4) is 0 Å². The van der Waals surface area contributed by atoms with E-state index in [2.05, 4.69) is 5.32 Å². The molecule has 7 nitrogen and oxygen atoms in total. The zero-order valence-corrected chi connectivity index (χ0v) is 12.7. The lowest BCUT2D eigenvalue weighted by molar-refractivity contribution is -0.385. The normalized spacial score (nSPS) is 11.0. The zero-order chi connectivity index (χ0) is 17.7. The van der Waals surface area contributed by atoms with E-state index in [1.807, 2.05) is 0 Å². The molecule has 2 aromatic rings. The van der Waals surface area contributed by atoms with Crippen LogP contribution >= 0.6 is 0 Å². The third-order valence-corrected chi connectivity index (χ3v) is 3.23. The molecule has 0 heterocycles. The van der Waals surface area contributed by atoms with Crippen LogP contribution in [0.5, 0.6) is 0 Å². The van der Waals surface area contributed by atoms with Gasteiger partial charge in [-0.2, -0.15) is 0 Å². The quantitative estimate of drug-likeness (QED) is 0.497. The number of carbonyl (C=O) groups is 2. The molecule has 2 aromatic carbocycles. The fraction of sp³-hybridized carbons (Fsp3) is 0.0588. The summed E-state index contributed by atoms with van der Waals surface area (Å²) in [4.78, 5) is 33.6. The van der Waals surface area contributed by atoms with E-state index in [1.54, 1.807) is 24.3 Å². The van der Waals surface area contributed by atoms with Crippen LogP contribution in [-0.4, -0.2) is 21.9 Å². The molecule has 0 aliphatic carbocycles. The third kappa shape index (κ3) is 4.04. The molecule has 0 aliphatic rings. The average Bonchev–Trinajstić information content (AvgIpc) is 2.55. The van der Waals surface area contributed by atoms with Crippen molar-refractivity contribution in [1.82, 2.24) is 0 Å². The highest BCUT2D eigenvalue weighted by Gasteiger charge is 2.13. The van der Waals surface area contributed by atoms with Crippen molar-refractivity contribution in [2.45, 2.75) is 6.92 Å². The number of aromatic carboxylic acids is 1. The molecule has 0 saturated carbocycles. The molecule has 1 amide bonds. The number of carbonyl (C=O) groups excluding carboxylic acids is 1. The molecule has 0 saturated heterocycles. The van der Waals surface area contributed by atoms with Crippen molar-refractivity contribution in [2.24, 2.45) is 0 Å². The predicted molar refractivity (Wildman–Crippen MR) is 88.8 cm³/mol. The largest absolute Gasteiger partial charge is 0.478 e. The van der Waals surface area contributed by atoms with Gasteiger partial charge in [-0.15, -0.1) is 0 Å². The number of carboxylic acid groups (broad SMARTS) is 1. The lowest BCUT2D eigenvalue weighted by Gasteiger charge is -2.06. The molecule has 2 N–H and O–H groups in total. The molecule has 7 heteroatoms. The SMILES string of the molecule is CC(=Cc1ccccc1[N+](=O)[O-])C(=O)Nc1cccc(C(=O)O)c1. The first-order valence-electron chi connectivity index (χ1n) is 6.95. The Morgan fingerprint density at radius 3 is 2.54 bits per heavy atom. The highest BCUT2D eigenvalue weighted by Crippen LogP contribution is 2.21. The predicted octanol–water partition coefficient (Wildman–Crippen LogP) is 3.34. The number of nitro benzene ring substituents is 1. The molecule has 0 unspecified atom stereocenters. The Bertz CT molecular complexity index is 842. The molecule has 24 heavy (non-hydrogen) atoms. The summed E-state index contributed by atoms with van der Waals surface area (Å²) >= 11 is 0. The van der Waals surface area contributed by atoms with Crippen LogP contribution in [0, 0.1) is 10.1 Å². The van der Waals surface area contributed by atoms with Crippen LogP contribution in [-0.2, 0) is 4.79 Å². The van der Waals surface area contributed by atoms with Crippen molar-refractivity contribution >= 4 is 29.3 Å². The molecule has 0 bridgehead atoms. The van der Waals surface area contributed by atoms with Gasteiger partial charge in [0.05, 0.1) is 16.1 Å². The first kappa shape index (κ1) is 16.9. The van der Waals surface area contributed by atoms with Gasteiger partial charge in [-0.25, -0.2) is 4.79 Å². The minimum atomic E-state index is -1.10. The van der Waals surface area contributed by atoms with E-state index in [0.717, 1.165) is 0 Å². The first-order chi connectivity index (χ1) is 11.4. The van der Waals surface area contributed by atoms with Crippen molar-refractivity contribution in [1.29, 1.82) is 0 Å². The number of hydrogen-bond acceptors (Lipinski definition) is 4. The maximum absolute atomic E-state index is 12.2. The van der Waals surface area contributed by atoms with Crippen LogP contribution in [0.2, 0.25) is 0 Å². The minimum Gasteiger partial charge on any atom is -0.478 e. The highest BCUT2D eigenvalue weighted by molar-refractivity contribution is 6.06. The summed E-state index contributed by atoms with van der Waals surface area (Å²) in [6.07, 6.45) is 1.41. The van der Waals surface area contributed by atoms with Crippen molar-refractivity contribution < 1.29 is 19.6 Å². The van der Waals surface area contributed by atoms with E-state index < -0.39 is 16.8 Å². The summed E-state index contributed by atoms with van der Waals surface area (Å²) in [5, 5.41) is 22.5. The Hall–Kier alpha value is -3.48. The van der Waals surface area contributed by atoms with E-state index in [9.17, 15) is 19.7 Å². The Morgan fingerprint density at radius 1 is 1.17 bits per heavy atom. The van der Waals surface area contributed by atoms with Crippen molar-refractivity contribution in [3.05, 3.63) is 75.3 Å². The molecule has 122 valence electrons. The number of nitrogens with zero attached hydrogens (tertiary/aromatic N) is 1. The number of amides is 1. The summed E-state index contributed by atoms with van der Waals surface area (Å²) < 4.78 is 0. The number of benzene rings is 2. The number of para-hydroxylation sites is 1. The standard InChI is InChI=1S/C17H14N2O5/c1-11(9-12-5-2-3-8-15(12)19(23)24)16(20)18-14-7-4-6-13(10-14)17(21)22/h2-10H,1H3,(H,18,20)(H,21,22). The number of anilines is 1. The van der Waals surface area contributed by atoms with Crippen molar-refractivity contribution in [2.75, 3.05) is 5.32 Å². The van der Waals surface area contributed by atoms with E-state index in [4.69, 9.17) is 5.11 Å². The van der Waals surface area contributed by atoms with Gasteiger partial charge in [0.25, 0.3) is 11.6 Å².